The molecule has 0 aliphatic carbocycles. The molecular formula is C19H28N6O. The molecule has 1 aliphatic heterocycles. The van der Waals surface area contributed by atoms with E-state index in [1.807, 2.05) is 11.8 Å². The molecular weight excluding hydrogens is 328 g/mol. The monoisotopic (exact) mass is 356 g/mol. The summed E-state index contributed by atoms with van der Waals surface area (Å²) in [5.74, 6) is 1.38. The average molecular weight is 356 g/mol. The number of H-pyrrole nitrogens is 1. The van der Waals surface area contributed by atoms with Gasteiger partial charge < -0.3 is 15.1 Å². The van der Waals surface area contributed by atoms with E-state index in [9.17, 15) is 4.79 Å². The second kappa shape index (κ2) is 9.33. The minimum atomic E-state index is -0.0291. The predicted octanol–water partition coefficient (Wildman–Crippen LogP) is 1.96. The molecule has 1 aromatic carbocycles. The molecule has 2 heterocycles. The predicted molar refractivity (Wildman–Crippen MR) is 101 cm³/mol. The molecule has 7 heteroatoms. The Balaban J connectivity index is 1.37. The van der Waals surface area contributed by atoms with Gasteiger partial charge in [0.25, 0.3) is 0 Å². The van der Waals surface area contributed by atoms with E-state index in [4.69, 9.17) is 0 Å². The van der Waals surface area contributed by atoms with Crippen LogP contribution in [0.5, 0.6) is 0 Å². The Bertz CT molecular complexity index is 686. The van der Waals surface area contributed by atoms with Gasteiger partial charge >= 0.3 is 6.03 Å². The van der Waals surface area contributed by atoms with Gasteiger partial charge in [-0.1, -0.05) is 30.3 Å². The van der Waals surface area contributed by atoms with Crippen LogP contribution in [0.1, 0.15) is 30.1 Å². The minimum Gasteiger partial charge on any atom is -0.331 e. The quantitative estimate of drug-likeness (QED) is 0.829. The van der Waals surface area contributed by atoms with Gasteiger partial charge in [-0.2, -0.15) is 5.10 Å². The van der Waals surface area contributed by atoms with Gasteiger partial charge in [-0.05, 0) is 44.8 Å². The van der Waals surface area contributed by atoms with Gasteiger partial charge in [0.15, 0.2) is 5.82 Å². The summed E-state index contributed by atoms with van der Waals surface area (Å²) in [5, 5.41) is 9.74. The van der Waals surface area contributed by atoms with Crippen molar-refractivity contribution in [2.75, 3.05) is 32.7 Å². The molecule has 7 nitrogen and oxygen atoms in total. The summed E-state index contributed by atoms with van der Waals surface area (Å²) in [7, 11) is 0. The molecule has 3 rings (SSSR count). The topological polar surface area (TPSA) is 77.2 Å². The SMILES string of the molecule is Cc1nc(CNC(=O)N2CCCN(CCCc3ccccc3)CC2)n[nH]1. The molecule has 1 aliphatic rings. The van der Waals surface area contributed by atoms with Crippen LogP contribution in [0.4, 0.5) is 4.79 Å². The van der Waals surface area contributed by atoms with Crippen molar-refractivity contribution in [2.24, 2.45) is 0 Å². The third kappa shape index (κ3) is 5.56. The van der Waals surface area contributed by atoms with Crippen molar-refractivity contribution in [3.63, 3.8) is 0 Å². The van der Waals surface area contributed by atoms with Crippen molar-refractivity contribution in [3.05, 3.63) is 47.5 Å². The Morgan fingerprint density at radius 3 is 2.81 bits per heavy atom. The van der Waals surface area contributed by atoms with Crippen LogP contribution >= 0.6 is 0 Å². The van der Waals surface area contributed by atoms with Crippen LogP contribution in [0.25, 0.3) is 0 Å². The van der Waals surface area contributed by atoms with Crippen LogP contribution in [0.3, 0.4) is 0 Å². The number of aryl methyl sites for hydroxylation is 2. The third-order valence-corrected chi connectivity index (χ3v) is 4.70. The summed E-state index contributed by atoms with van der Waals surface area (Å²) >= 11 is 0. The van der Waals surface area contributed by atoms with Crippen molar-refractivity contribution < 1.29 is 4.79 Å². The number of carbonyl (C=O) groups excluding carboxylic acids is 1. The maximum atomic E-state index is 12.4. The molecule has 0 saturated carbocycles. The highest BCUT2D eigenvalue weighted by Gasteiger charge is 2.19. The number of amides is 2. The fourth-order valence-corrected chi connectivity index (χ4v) is 3.28. The number of rotatable bonds is 6. The zero-order valence-corrected chi connectivity index (χ0v) is 15.4. The number of nitrogens with zero attached hydrogens (tertiary/aromatic N) is 4. The van der Waals surface area contributed by atoms with E-state index in [1.165, 1.54) is 5.56 Å². The van der Waals surface area contributed by atoms with Crippen LogP contribution in [0.15, 0.2) is 30.3 Å². The Morgan fingerprint density at radius 2 is 2.04 bits per heavy atom. The first-order chi connectivity index (χ1) is 12.7. The summed E-state index contributed by atoms with van der Waals surface area (Å²) < 4.78 is 0. The number of hydrogen-bond donors (Lipinski definition) is 2. The largest absolute Gasteiger partial charge is 0.331 e. The van der Waals surface area contributed by atoms with E-state index in [-0.39, 0.29) is 6.03 Å². The van der Waals surface area contributed by atoms with E-state index in [0.717, 1.165) is 57.8 Å². The lowest BCUT2D eigenvalue weighted by Gasteiger charge is -2.22. The zero-order valence-electron chi connectivity index (χ0n) is 15.4. The summed E-state index contributed by atoms with van der Waals surface area (Å²) in [5.41, 5.74) is 1.39. The first-order valence-electron chi connectivity index (χ1n) is 9.37. The average Bonchev–Trinajstić information content (AvgIpc) is 2.93. The lowest BCUT2D eigenvalue weighted by atomic mass is 10.1. The molecule has 0 radical (unpaired) electrons. The molecule has 2 N–H and O–H groups in total. The smallest absolute Gasteiger partial charge is 0.317 e. The maximum Gasteiger partial charge on any atom is 0.317 e. The van der Waals surface area contributed by atoms with Gasteiger partial charge in [0, 0.05) is 19.6 Å². The molecule has 140 valence electrons. The summed E-state index contributed by atoms with van der Waals surface area (Å²) in [4.78, 5) is 20.9. The van der Waals surface area contributed by atoms with Crippen molar-refractivity contribution in [1.82, 2.24) is 30.3 Å². The highest BCUT2D eigenvalue weighted by Crippen LogP contribution is 2.07. The summed E-state index contributed by atoms with van der Waals surface area (Å²) in [6.07, 6.45) is 3.27. The number of hydrogen-bond acceptors (Lipinski definition) is 4. The van der Waals surface area contributed by atoms with E-state index < -0.39 is 0 Å². The molecule has 0 atom stereocenters. The molecule has 1 saturated heterocycles. The number of urea groups is 1. The van der Waals surface area contributed by atoms with Crippen LogP contribution in [0.2, 0.25) is 0 Å². The first kappa shape index (κ1) is 18.4. The minimum absolute atomic E-state index is 0.0291. The van der Waals surface area contributed by atoms with Gasteiger partial charge in [0.2, 0.25) is 0 Å². The maximum absolute atomic E-state index is 12.4. The van der Waals surface area contributed by atoms with E-state index in [1.54, 1.807) is 0 Å². The summed E-state index contributed by atoms with van der Waals surface area (Å²) in [6, 6.07) is 10.6. The molecule has 1 aromatic heterocycles. The number of aromatic amines is 1. The molecule has 26 heavy (non-hydrogen) atoms. The van der Waals surface area contributed by atoms with E-state index in [2.05, 4.69) is 55.7 Å². The molecule has 1 fully saturated rings. The lowest BCUT2D eigenvalue weighted by Crippen LogP contribution is -2.42. The fraction of sp³-hybridized carbons (Fsp3) is 0.526. The van der Waals surface area contributed by atoms with Crippen LogP contribution in [-0.2, 0) is 13.0 Å². The number of nitrogens with one attached hydrogen (secondary N) is 2. The molecule has 2 aromatic rings. The Labute approximate surface area is 154 Å². The number of benzene rings is 1. The van der Waals surface area contributed by atoms with Crippen molar-refractivity contribution in [1.29, 1.82) is 0 Å². The Kier molecular flexibility index (Phi) is 6.60. The van der Waals surface area contributed by atoms with E-state index >= 15 is 0 Å². The number of carbonyl (C=O) groups is 1. The fourth-order valence-electron chi connectivity index (χ4n) is 3.28. The molecule has 0 bridgehead atoms. The van der Waals surface area contributed by atoms with E-state index in [0.29, 0.717) is 12.4 Å². The molecule has 2 amide bonds. The second-order valence-corrected chi connectivity index (χ2v) is 6.77. The highest BCUT2D eigenvalue weighted by molar-refractivity contribution is 5.74. The Hall–Kier alpha value is -2.41. The Morgan fingerprint density at radius 1 is 1.19 bits per heavy atom. The highest BCUT2D eigenvalue weighted by atomic mass is 16.2. The van der Waals surface area contributed by atoms with Crippen molar-refractivity contribution in [3.8, 4) is 0 Å². The first-order valence-corrected chi connectivity index (χ1v) is 9.37. The van der Waals surface area contributed by atoms with Gasteiger partial charge in [0.1, 0.15) is 5.82 Å². The summed E-state index contributed by atoms with van der Waals surface area (Å²) in [6.45, 7) is 6.85. The van der Waals surface area contributed by atoms with Gasteiger partial charge in [-0.3, -0.25) is 5.10 Å². The van der Waals surface area contributed by atoms with Gasteiger partial charge in [0.05, 0.1) is 6.54 Å². The number of aromatic nitrogens is 3. The molecule has 0 unspecified atom stereocenters. The third-order valence-electron chi connectivity index (χ3n) is 4.70. The van der Waals surface area contributed by atoms with Crippen LogP contribution < -0.4 is 5.32 Å². The zero-order chi connectivity index (χ0) is 18.2. The second-order valence-electron chi connectivity index (χ2n) is 6.77. The van der Waals surface area contributed by atoms with Crippen LogP contribution in [0, 0.1) is 6.92 Å². The van der Waals surface area contributed by atoms with Crippen molar-refractivity contribution >= 4 is 6.03 Å². The van der Waals surface area contributed by atoms with Gasteiger partial charge in [-0.25, -0.2) is 9.78 Å². The van der Waals surface area contributed by atoms with Gasteiger partial charge in [-0.15, -0.1) is 0 Å². The van der Waals surface area contributed by atoms with Crippen LogP contribution in [-0.4, -0.2) is 63.7 Å². The van der Waals surface area contributed by atoms with Crippen molar-refractivity contribution in [2.45, 2.75) is 32.7 Å². The molecule has 0 spiro atoms. The normalized spacial score (nSPS) is 15.7. The standard InChI is InChI=1S/C19H28N6O/c1-16-21-18(23-22-16)15-20-19(26)25-12-6-11-24(13-14-25)10-5-9-17-7-3-2-4-8-17/h2-4,7-8H,5-6,9-15H2,1H3,(H,20,26)(H,21,22,23). The lowest BCUT2D eigenvalue weighted by molar-refractivity contribution is 0.197.